The highest BCUT2D eigenvalue weighted by Crippen LogP contribution is 2.27. The maximum Gasteiger partial charge on any atom is 0.263 e. The van der Waals surface area contributed by atoms with Gasteiger partial charge in [-0.25, -0.2) is 13.4 Å². The minimum atomic E-state index is -3.83. The molecule has 0 aliphatic carbocycles. The smallest absolute Gasteiger partial charge is 0.263 e. The number of nitrogens with one attached hydrogen (secondary N) is 1. The van der Waals surface area contributed by atoms with Gasteiger partial charge in [-0.2, -0.15) is 4.98 Å². The second kappa shape index (κ2) is 5.43. The number of anilines is 2. The molecule has 1 aromatic carbocycles. The van der Waals surface area contributed by atoms with Crippen LogP contribution in [0.15, 0.2) is 29.3 Å². The minimum Gasteiger partial charge on any atom is -0.397 e. The maximum absolute atomic E-state index is 12.2. The van der Waals surface area contributed by atoms with Crippen LogP contribution >= 0.6 is 23.2 Å². The number of hydrogen-bond donors (Lipinski definition) is 2. The Morgan fingerprint density at radius 1 is 1.30 bits per heavy atom. The molecule has 1 aromatic heterocycles. The van der Waals surface area contributed by atoms with Gasteiger partial charge in [-0.1, -0.05) is 11.6 Å². The van der Waals surface area contributed by atoms with E-state index in [2.05, 4.69) is 14.7 Å². The predicted octanol–water partition coefficient (Wildman–Crippen LogP) is 2.47. The first-order chi connectivity index (χ1) is 9.29. The molecule has 0 saturated carbocycles. The summed E-state index contributed by atoms with van der Waals surface area (Å²) in [7, 11) is -3.83. The number of nitrogens with zero attached hydrogens (tertiary/aromatic N) is 2. The number of aromatic nitrogens is 2. The fraction of sp³-hybridized carbons (Fsp3) is 0.0909. The second-order valence-electron chi connectivity index (χ2n) is 3.96. The van der Waals surface area contributed by atoms with Crippen molar-refractivity contribution in [3.05, 3.63) is 40.3 Å². The van der Waals surface area contributed by atoms with Gasteiger partial charge in [0.15, 0.2) is 0 Å². The van der Waals surface area contributed by atoms with Crippen LogP contribution in [0, 0.1) is 6.92 Å². The lowest BCUT2D eigenvalue weighted by atomic mass is 10.2. The van der Waals surface area contributed by atoms with Gasteiger partial charge in [0.1, 0.15) is 5.82 Å². The normalized spacial score (nSPS) is 11.3. The molecule has 106 valence electrons. The first-order valence-electron chi connectivity index (χ1n) is 5.36. The molecular formula is C11H10Cl2N4O2S. The summed E-state index contributed by atoms with van der Waals surface area (Å²) in [4.78, 5) is 7.41. The van der Waals surface area contributed by atoms with Gasteiger partial charge in [0, 0.05) is 6.20 Å². The number of rotatable bonds is 3. The Kier molecular flexibility index (Phi) is 4.03. The Morgan fingerprint density at radius 3 is 2.60 bits per heavy atom. The molecule has 3 N–H and O–H groups in total. The lowest BCUT2D eigenvalue weighted by Crippen LogP contribution is -2.14. The van der Waals surface area contributed by atoms with E-state index in [1.807, 2.05) is 0 Å². The fourth-order valence-electron chi connectivity index (χ4n) is 1.51. The van der Waals surface area contributed by atoms with E-state index in [0.29, 0.717) is 10.6 Å². The van der Waals surface area contributed by atoms with Crippen LogP contribution in [-0.4, -0.2) is 18.4 Å². The van der Waals surface area contributed by atoms with Gasteiger partial charge < -0.3 is 5.73 Å². The van der Waals surface area contributed by atoms with Crippen molar-refractivity contribution in [2.24, 2.45) is 0 Å². The van der Waals surface area contributed by atoms with E-state index in [-0.39, 0.29) is 21.7 Å². The van der Waals surface area contributed by atoms with Crippen molar-refractivity contribution in [2.45, 2.75) is 11.8 Å². The Balaban J connectivity index is 2.41. The standard InChI is InChI=1S/C11H10Cl2N4O2S/c1-6-4-7(5-8(14)10(6)12)20(18,19)17-9-2-3-15-11(13)16-9/h2-5H,14H2,1H3,(H,15,16,17). The minimum absolute atomic E-state index is 0.00775. The molecule has 2 aromatic rings. The summed E-state index contributed by atoms with van der Waals surface area (Å²) >= 11 is 11.5. The van der Waals surface area contributed by atoms with Crippen LogP contribution in [0.3, 0.4) is 0 Å². The molecule has 0 spiro atoms. The Bertz CT molecular complexity index is 742. The average Bonchev–Trinajstić information content (AvgIpc) is 2.34. The van der Waals surface area contributed by atoms with Crippen LogP contribution in [0.4, 0.5) is 11.5 Å². The molecule has 1 heterocycles. The number of hydrogen-bond acceptors (Lipinski definition) is 5. The molecule has 0 aliphatic heterocycles. The van der Waals surface area contributed by atoms with Gasteiger partial charge in [-0.15, -0.1) is 0 Å². The lowest BCUT2D eigenvalue weighted by Gasteiger charge is -2.10. The summed E-state index contributed by atoms with van der Waals surface area (Å²) in [5, 5.41) is 0.269. The molecule has 0 atom stereocenters. The van der Waals surface area contributed by atoms with E-state index in [1.54, 1.807) is 6.92 Å². The lowest BCUT2D eigenvalue weighted by molar-refractivity contribution is 0.601. The van der Waals surface area contributed by atoms with Crippen LogP contribution in [0.2, 0.25) is 10.3 Å². The van der Waals surface area contributed by atoms with Crippen molar-refractivity contribution >= 4 is 44.7 Å². The number of nitrogens with two attached hydrogens (primary N) is 1. The zero-order chi connectivity index (χ0) is 14.9. The number of benzene rings is 1. The fourth-order valence-corrected chi connectivity index (χ4v) is 2.88. The molecule has 9 heteroatoms. The summed E-state index contributed by atoms with van der Waals surface area (Å²) in [5.41, 5.74) is 6.42. The van der Waals surface area contributed by atoms with Crippen molar-refractivity contribution in [2.75, 3.05) is 10.5 Å². The third kappa shape index (κ3) is 3.12. The molecule has 0 fully saturated rings. The summed E-state index contributed by atoms with van der Waals surface area (Å²) in [6.07, 6.45) is 1.34. The van der Waals surface area contributed by atoms with Gasteiger partial charge in [0.05, 0.1) is 15.6 Å². The van der Waals surface area contributed by atoms with Crippen LogP contribution in [0.25, 0.3) is 0 Å². The largest absolute Gasteiger partial charge is 0.397 e. The molecule has 0 amide bonds. The second-order valence-corrected chi connectivity index (χ2v) is 6.36. The van der Waals surface area contributed by atoms with Crippen LogP contribution in [-0.2, 0) is 10.0 Å². The SMILES string of the molecule is Cc1cc(S(=O)(=O)Nc2ccnc(Cl)n2)cc(N)c1Cl. The zero-order valence-corrected chi connectivity index (χ0v) is 12.6. The van der Waals surface area contributed by atoms with Crippen LogP contribution < -0.4 is 10.5 Å². The van der Waals surface area contributed by atoms with E-state index in [4.69, 9.17) is 28.9 Å². The van der Waals surface area contributed by atoms with Crippen LogP contribution in [0.1, 0.15) is 5.56 Å². The third-order valence-corrected chi connectivity index (χ3v) is 4.46. The molecular weight excluding hydrogens is 323 g/mol. The van der Waals surface area contributed by atoms with Crippen molar-refractivity contribution in [3.8, 4) is 0 Å². The van der Waals surface area contributed by atoms with E-state index in [9.17, 15) is 8.42 Å². The highest BCUT2D eigenvalue weighted by atomic mass is 35.5. The first-order valence-corrected chi connectivity index (χ1v) is 7.60. The molecule has 0 aliphatic rings. The van der Waals surface area contributed by atoms with E-state index in [1.165, 1.54) is 24.4 Å². The molecule has 0 bridgehead atoms. The zero-order valence-electron chi connectivity index (χ0n) is 10.3. The average molecular weight is 333 g/mol. The van der Waals surface area contributed by atoms with Crippen molar-refractivity contribution in [1.29, 1.82) is 0 Å². The number of nitrogen functional groups attached to an aromatic ring is 1. The Labute approximate surface area is 126 Å². The molecule has 6 nitrogen and oxygen atoms in total. The monoisotopic (exact) mass is 332 g/mol. The van der Waals surface area contributed by atoms with Crippen LogP contribution in [0.5, 0.6) is 0 Å². The van der Waals surface area contributed by atoms with E-state index < -0.39 is 10.0 Å². The predicted molar refractivity (Wildman–Crippen MR) is 78.5 cm³/mol. The van der Waals surface area contributed by atoms with Crippen molar-refractivity contribution < 1.29 is 8.42 Å². The highest BCUT2D eigenvalue weighted by Gasteiger charge is 2.17. The van der Waals surface area contributed by atoms with Gasteiger partial charge in [0.25, 0.3) is 10.0 Å². The van der Waals surface area contributed by atoms with Crippen molar-refractivity contribution in [3.63, 3.8) is 0 Å². The van der Waals surface area contributed by atoms with Crippen molar-refractivity contribution in [1.82, 2.24) is 9.97 Å². The summed E-state index contributed by atoms with van der Waals surface area (Å²) < 4.78 is 26.7. The third-order valence-electron chi connectivity index (χ3n) is 2.43. The van der Waals surface area contributed by atoms with Gasteiger partial charge in [-0.05, 0) is 42.3 Å². The molecule has 2 rings (SSSR count). The number of sulfonamides is 1. The molecule has 20 heavy (non-hydrogen) atoms. The molecule has 0 radical (unpaired) electrons. The summed E-state index contributed by atoms with van der Waals surface area (Å²) in [6.45, 7) is 1.67. The van der Waals surface area contributed by atoms with Gasteiger partial charge in [-0.3, -0.25) is 4.72 Å². The number of halogens is 2. The quantitative estimate of drug-likeness (QED) is 0.664. The van der Waals surface area contributed by atoms with E-state index in [0.717, 1.165) is 0 Å². The summed E-state index contributed by atoms with van der Waals surface area (Å²) in [5.74, 6) is 0.0659. The Hall–Kier alpha value is -1.57. The van der Waals surface area contributed by atoms with Gasteiger partial charge in [0.2, 0.25) is 5.28 Å². The molecule has 0 saturated heterocycles. The highest BCUT2D eigenvalue weighted by molar-refractivity contribution is 7.92. The van der Waals surface area contributed by atoms with E-state index >= 15 is 0 Å². The number of aryl methyl sites for hydroxylation is 1. The first kappa shape index (κ1) is 14.8. The Morgan fingerprint density at radius 2 is 2.00 bits per heavy atom. The summed E-state index contributed by atoms with van der Waals surface area (Å²) in [6, 6.07) is 4.08. The molecule has 0 unspecified atom stereocenters. The topological polar surface area (TPSA) is 98.0 Å². The van der Waals surface area contributed by atoms with Gasteiger partial charge >= 0.3 is 0 Å². The maximum atomic E-state index is 12.2.